The van der Waals surface area contributed by atoms with Crippen molar-refractivity contribution in [3.63, 3.8) is 0 Å². The standard InChI is InChI=1S/C10H5BrN2S2/c11-9-5-8(2-1-7(9)6-12)15-10-13-3-4-14-10/h1-5H. The highest BCUT2D eigenvalue weighted by Crippen LogP contribution is 2.31. The van der Waals surface area contributed by atoms with E-state index in [2.05, 4.69) is 27.0 Å². The molecule has 0 N–H and O–H groups in total. The monoisotopic (exact) mass is 296 g/mol. The van der Waals surface area contributed by atoms with E-state index in [1.54, 1.807) is 35.4 Å². The molecule has 0 atom stereocenters. The van der Waals surface area contributed by atoms with Crippen molar-refractivity contribution in [3.8, 4) is 6.07 Å². The van der Waals surface area contributed by atoms with Crippen molar-refractivity contribution in [2.24, 2.45) is 0 Å². The van der Waals surface area contributed by atoms with Gasteiger partial charge >= 0.3 is 0 Å². The summed E-state index contributed by atoms with van der Waals surface area (Å²) in [5.41, 5.74) is 0.651. The van der Waals surface area contributed by atoms with Crippen LogP contribution in [0.2, 0.25) is 0 Å². The minimum absolute atomic E-state index is 0.651. The van der Waals surface area contributed by atoms with Gasteiger partial charge in [-0.05, 0) is 34.1 Å². The van der Waals surface area contributed by atoms with Gasteiger partial charge in [0.05, 0.1) is 5.56 Å². The first kappa shape index (κ1) is 10.7. The maximum atomic E-state index is 8.77. The molecule has 0 aliphatic rings. The third kappa shape index (κ3) is 2.59. The van der Waals surface area contributed by atoms with Gasteiger partial charge in [-0.25, -0.2) is 4.98 Å². The maximum Gasteiger partial charge on any atom is 0.154 e. The first-order chi connectivity index (χ1) is 7.29. The molecule has 0 spiro atoms. The van der Waals surface area contributed by atoms with Crippen LogP contribution in [0, 0.1) is 11.3 Å². The Morgan fingerprint density at radius 3 is 2.93 bits per heavy atom. The van der Waals surface area contributed by atoms with E-state index in [1.807, 2.05) is 17.5 Å². The molecule has 0 unspecified atom stereocenters. The highest BCUT2D eigenvalue weighted by atomic mass is 79.9. The Kier molecular flexibility index (Phi) is 3.41. The highest BCUT2D eigenvalue weighted by molar-refractivity contribution is 9.10. The zero-order valence-electron chi connectivity index (χ0n) is 7.48. The third-order valence-corrected chi connectivity index (χ3v) is 4.21. The van der Waals surface area contributed by atoms with Crippen LogP contribution in [0.15, 0.2) is 43.5 Å². The zero-order chi connectivity index (χ0) is 10.7. The van der Waals surface area contributed by atoms with Gasteiger partial charge in [-0.15, -0.1) is 11.3 Å². The number of benzene rings is 1. The summed E-state index contributed by atoms with van der Waals surface area (Å²) in [6.45, 7) is 0. The molecule has 0 amide bonds. The van der Waals surface area contributed by atoms with Gasteiger partial charge in [-0.1, -0.05) is 11.8 Å². The van der Waals surface area contributed by atoms with Crippen molar-refractivity contribution in [2.45, 2.75) is 9.24 Å². The first-order valence-corrected chi connectivity index (χ1v) is 6.55. The molecule has 2 nitrogen and oxygen atoms in total. The fourth-order valence-electron chi connectivity index (χ4n) is 1.01. The van der Waals surface area contributed by atoms with Crippen molar-refractivity contribution < 1.29 is 0 Å². The second kappa shape index (κ2) is 4.79. The normalized spacial score (nSPS) is 9.87. The Labute approximate surface area is 104 Å². The summed E-state index contributed by atoms with van der Waals surface area (Å²) in [6.07, 6.45) is 1.78. The highest BCUT2D eigenvalue weighted by Gasteiger charge is 2.03. The minimum atomic E-state index is 0.651. The minimum Gasteiger partial charge on any atom is -0.238 e. The van der Waals surface area contributed by atoms with Crippen LogP contribution in [-0.2, 0) is 0 Å². The van der Waals surface area contributed by atoms with Crippen molar-refractivity contribution in [1.29, 1.82) is 5.26 Å². The average molecular weight is 297 g/mol. The van der Waals surface area contributed by atoms with Crippen LogP contribution < -0.4 is 0 Å². The van der Waals surface area contributed by atoms with Crippen LogP contribution in [-0.4, -0.2) is 4.98 Å². The Hall–Kier alpha value is -0.830. The van der Waals surface area contributed by atoms with Crippen molar-refractivity contribution in [2.75, 3.05) is 0 Å². The van der Waals surface area contributed by atoms with E-state index < -0.39 is 0 Å². The molecule has 0 aliphatic heterocycles. The number of hydrogen-bond acceptors (Lipinski definition) is 4. The van der Waals surface area contributed by atoms with Gasteiger partial charge in [0.1, 0.15) is 6.07 Å². The molecule has 0 fully saturated rings. The predicted molar refractivity (Wildman–Crippen MR) is 65.1 cm³/mol. The summed E-state index contributed by atoms with van der Waals surface area (Å²) in [5.74, 6) is 0. The Balaban J connectivity index is 2.24. The van der Waals surface area contributed by atoms with Gasteiger partial charge in [0.2, 0.25) is 0 Å². The molecule has 0 aliphatic carbocycles. The number of halogens is 1. The number of rotatable bonds is 2. The van der Waals surface area contributed by atoms with E-state index in [0.29, 0.717) is 5.56 Å². The van der Waals surface area contributed by atoms with Gasteiger partial charge in [0.15, 0.2) is 4.34 Å². The van der Waals surface area contributed by atoms with Crippen LogP contribution in [0.4, 0.5) is 0 Å². The van der Waals surface area contributed by atoms with Gasteiger partial charge < -0.3 is 0 Å². The third-order valence-electron chi connectivity index (χ3n) is 1.68. The fraction of sp³-hybridized carbons (Fsp3) is 0. The molecule has 1 heterocycles. The van der Waals surface area contributed by atoms with Crippen LogP contribution >= 0.6 is 39.0 Å². The van der Waals surface area contributed by atoms with Crippen LogP contribution in [0.5, 0.6) is 0 Å². The van der Waals surface area contributed by atoms with E-state index in [4.69, 9.17) is 5.26 Å². The lowest BCUT2D eigenvalue weighted by molar-refractivity contribution is 1.24. The van der Waals surface area contributed by atoms with Crippen LogP contribution in [0.25, 0.3) is 0 Å². The van der Waals surface area contributed by atoms with E-state index in [0.717, 1.165) is 13.7 Å². The van der Waals surface area contributed by atoms with Gasteiger partial charge in [-0.2, -0.15) is 5.26 Å². The summed E-state index contributed by atoms with van der Waals surface area (Å²) < 4.78 is 1.83. The lowest BCUT2D eigenvalue weighted by atomic mass is 10.2. The van der Waals surface area contributed by atoms with Gasteiger partial charge in [0, 0.05) is 20.9 Å². The Morgan fingerprint density at radius 2 is 2.33 bits per heavy atom. The molecule has 74 valence electrons. The Bertz CT molecular complexity index is 503. The van der Waals surface area contributed by atoms with E-state index >= 15 is 0 Å². The predicted octanol–water partition coefficient (Wildman–Crippen LogP) is 3.93. The molecular weight excluding hydrogens is 292 g/mol. The molecule has 1 aromatic heterocycles. The number of nitrogens with zero attached hydrogens (tertiary/aromatic N) is 2. The van der Waals surface area contributed by atoms with Gasteiger partial charge in [-0.3, -0.25) is 0 Å². The largest absolute Gasteiger partial charge is 0.238 e. The molecule has 1 aromatic carbocycles. The summed E-state index contributed by atoms with van der Waals surface area (Å²) in [7, 11) is 0. The molecule has 0 bridgehead atoms. The quantitative estimate of drug-likeness (QED) is 0.842. The second-order valence-corrected chi connectivity index (χ2v) is 5.72. The molecule has 5 heteroatoms. The lowest BCUT2D eigenvalue weighted by Crippen LogP contribution is -1.78. The van der Waals surface area contributed by atoms with Crippen molar-refractivity contribution >= 4 is 39.0 Å². The first-order valence-electron chi connectivity index (χ1n) is 4.06. The zero-order valence-corrected chi connectivity index (χ0v) is 10.7. The summed E-state index contributed by atoms with van der Waals surface area (Å²) in [4.78, 5) is 5.26. The van der Waals surface area contributed by atoms with Gasteiger partial charge in [0.25, 0.3) is 0 Å². The fourth-order valence-corrected chi connectivity index (χ4v) is 3.27. The average Bonchev–Trinajstić information content (AvgIpc) is 2.71. The smallest absolute Gasteiger partial charge is 0.154 e. The van der Waals surface area contributed by atoms with Crippen LogP contribution in [0.3, 0.4) is 0 Å². The number of nitriles is 1. The molecule has 0 saturated carbocycles. The second-order valence-electron chi connectivity index (χ2n) is 2.65. The molecule has 0 radical (unpaired) electrons. The molecule has 15 heavy (non-hydrogen) atoms. The lowest BCUT2D eigenvalue weighted by Gasteiger charge is -1.99. The van der Waals surface area contributed by atoms with E-state index in [-0.39, 0.29) is 0 Å². The van der Waals surface area contributed by atoms with Crippen molar-refractivity contribution in [1.82, 2.24) is 4.98 Å². The number of thiazole rings is 1. The maximum absolute atomic E-state index is 8.77. The summed E-state index contributed by atoms with van der Waals surface area (Å²) >= 11 is 6.56. The molecular formula is C10H5BrN2S2. The molecule has 2 rings (SSSR count). The molecule has 0 saturated heterocycles. The topological polar surface area (TPSA) is 36.7 Å². The Morgan fingerprint density at radius 1 is 1.47 bits per heavy atom. The van der Waals surface area contributed by atoms with Crippen molar-refractivity contribution in [3.05, 3.63) is 39.8 Å². The SMILES string of the molecule is N#Cc1ccc(Sc2nccs2)cc1Br. The molecule has 2 aromatic rings. The number of hydrogen-bond donors (Lipinski definition) is 0. The summed E-state index contributed by atoms with van der Waals surface area (Å²) in [6, 6.07) is 7.78. The van der Waals surface area contributed by atoms with E-state index in [9.17, 15) is 0 Å². The van der Waals surface area contributed by atoms with E-state index in [1.165, 1.54) is 0 Å². The van der Waals surface area contributed by atoms with Crippen LogP contribution in [0.1, 0.15) is 5.56 Å². The number of aromatic nitrogens is 1. The summed E-state index contributed by atoms with van der Waals surface area (Å²) in [5, 5.41) is 10.7.